The number of benzene rings is 1. The predicted molar refractivity (Wildman–Crippen MR) is 109 cm³/mol. The predicted octanol–water partition coefficient (Wildman–Crippen LogP) is 3.59. The number of nitrogens with zero attached hydrogens (tertiary/aromatic N) is 4. The minimum absolute atomic E-state index is 0.0355. The summed E-state index contributed by atoms with van der Waals surface area (Å²) in [5.74, 6) is 1.69. The average molecular weight is 380 g/mol. The average Bonchev–Trinajstić information content (AvgIpc) is 3.36. The fourth-order valence-corrected chi connectivity index (χ4v) is 4.22. The van der Waals surface area contributed by atoms with Gasteiger partial charge < -0.3 is 14.5 Å². The Morgan fingerprint density at radius 1 is 1.18 bits per heavy atom. The van der Waals surface area contributed by atoms with E-state index in [9.17, 15) is 4.79 Å². The Bertz CT molecular complexity index is 837. The maximum Gasteiger partial charge on any atom is 0.258 e. The Morgan fingerprint density at radius 2 is 1.96 bits per heavy atom. The van der Waals surface area contributed by atoms with E-state index in [4.69, 9.17) is 4.74 Å². The summed E-state index contributed by atoms with van der Waals surface area (Å²) in [6.45, 7) is 6.41. The van der Waals surface area contributed by atoms with Gasteiger partial charge in [-0.1, -0.05) is 32.0 Å². The summed E-state index contributed by atoms with van der Waals surface area (Å²) in [4.78, 5) is 25.8. The first-order chi connectivity index (χ1) is 13.7. The van der Waals surface area contributed by atoms with Crippen LogP contribution in [0.25, 0.3) is 0 Å². The minimum Gasteiger partial charge on any atom is -0.470 e. The maximum atomic E-state index is 12.7. The number of carbonyl (C=O) groups is 1. The molecule has 6 heteroatoms. The number of anilines is 2. The van der Waals surface area contributed by atoms with E-state index in [1.165, 1.54) is 11.3 Å². The molecule has 148 valence electrons. The summed E-state index contributed by atoms with van der Waals surface area (Å²) in [5, 5.41) is 0. The number of likely N-dealkylation sites (tertiary alicyclic amines) is 1. The van der Waals surface area contributed by atoms with E-state index in [0.29, 0.717) is 12.4 Å². The largest absolute Gasteiger partial charge is 0.470 e. The molecule has 0 N–H and O–H groups in total. The molecule has 0 radical (unpaired) electrons. The molecule has 28 heavy (non-hydrogen) atoms. The van der Waals surface area contributed by atoms with Crippen LogP contribution in [0.1, 0.15) is 38.7 Å². The highest BCUT2D eigenvalue weighted by molar-refractivity contribution is 5.79. The van der Waals surface area contributed by atoms with Gasteiger partial charge in [0, 0.05) is 43.5 Å². The number of hydrogen-bond acceptors (Lipinski definition) is 5. The number of aromatic nitrogens is 2. The van der Waals surface area contributed by atoms with E-state index in [1.807, 2.05) is 11.0 Å². The first-order valence-electron chi connectivity index (χ1n) is 10.3. The Kier molecular flexibility index (Phi) is 5.46. The molecule has 2 aliphatic heterocycles. The molecule has 1 aromatic carbocycles. The van der Waals surface area contributed by atoms with Crippen molar-refractivity contribution in [3.05, 3.63) is 42.2 Å². The second-order valence-corrected chi connectivity index (χ2v) is 7.54. The molecule has 1 unspecified atom stereocenters. The van der Waals surface area contributed by atoms with Gasteiger partial charge in [0.15, 0.2) is 5.82 Å². The lowest BCUT2D eigenvalue weighted by Crippen LogP contribution is -2.35. The van der Waals surface area contributed by atoms with E-state index in [0.717, 1.165) is 44.6 Å². The molecule has 1 aromatic heterocycles. The second kappa shape index (κ2) is 8.17. The number of hydrogen-bond donors (Lipinski definition) is 0. The van der Waals surface area contributed by atoms with Gasteiger partial charge in [0.2, 0.25) is 5.91 Å². The lowest BCUT2D eigenvalue weighted by Gasteiger charge is -2.23. The molecule has 0 saturated carbocycles. The van der Waals surface area contributed by atoms with Gasteiger partial charge in [0.05, 0.1) is 6.54 Å². The maximum absolute atomic E-state index is 12.7. The molecule has 0 aliphatic carbocycles. The van der Waals surface area contributed by atoms with Crippen LogP contribution in [0.2, 0.25) is 0 Å². The SMILES string of the molecule is CCC(CC)C(=O)N1CCC(Oc2nccnc2N2CCc3ccccc32)C1. The zero-order valence-corrected chi connectivity index (χ0v) is 16.7. The molecule has 1 saturated heterocycles. The zero-order valence-electron chi connectivity index (χ0n) is 16.7. The Labute approximate surface area is 166 Å². The van der Waals surface area contributed by atoms with E-state index in [2.05, 4.69) is 46.9 Å². The first kappa shape index (κ1) is 18.7. The van der Waals surface area contributed by atoms with Crippen molar-refractivity contribution in [2.24, 2.45) is 5.92 Å². The van der Waals surface area contributed by atoms with Crippen molar-refractivity contribution in [1.29, 1.82) is 0 Å². The van der Waals surface area contributed by atoms with Gasteiger partial charge >= 0.3 is 0 Å². The number of carbonyl (C=O) groups excluding carboxylic acids is 1. The monoisotopic (exact) mass is 380 g/mol. The van der Waals surface area contributed by atoms with Crippen LogP contribution in [0.4, 0.5) is 11.5 Å². The molecule has 6 nitrogen and oxygen atoms in total. The molecule has 4 rings (SSSR count). The summed E-state index contributed by atoms with van der Waals surface area (Å²) in [7, 11) is 0. The number of rotatable bonds is 6. The fraction of sp³-hybridized carbons (Fsp3) is 0.500. The molecule has 2 aromatic rings. The number of amides is 1. The Morgan fingerprint density at radius 3 is 2.79 bits per heavy atom. The minimum atomic E-state index is -0.0355. The summed E-state index contributed by atoms with van der Waals surface area (Å²) in [6, 6.07) is 8.39. The number of fused-ring (bicyclic) bond motifs is 1. The van der Waals surface area contributed by atoms with Crippen LogP contribution in [0, 0.1) is 5.92 Å². The standard InChI is InChI=1S/C22H28N4O2/c1-3-16(4-2)22(27)25-13-10-18(15-25)28-21-20(23-11-12-24-21)26-14-9-17-7-5-6-8-19(17)26/h5-8,11-12,16,18H,3-4,9-10,13-15H2,1-2H3. The quantitative estimate of drug-likeness (QED) is 0.767. The molecular formula is C22H28N4O2. The summed E-state index contributed by atoms with van der Waals surface area (Å²) in [6.07, 6.45) is 6.95. The Balaban J connectivity index is 1.48. The fourth-order valence-electron chi connectivity index (χ4n) is 4.22. The molecule has 0 spiro atoms. The van der Waals surface area contributed by atoms with Crippen molar-refractivity contribution in [3.63, 3.8) is 0 Å². The van der Waals surface area contributed by atoms with Gasteiger partial charge in [0.25, 0.3) is 5.88 Å². The normalized spacial score (nSPS) is 18.6. The van der Waals surface area contributed by atoms with Crippen LogP contribution in [0.15, 0.2) is 36.7 Å². The molecule has 3 heterocycles. The van der Waals surface area contributed by atoms with Crippen LogP contribution in [0.5, 0.6) is 5.88 Å². The van der Waals surface area contributed by atoms with Gasteiger partial charge in [-0.25, -0.2) is 9.97 Å². The lowest BCUT2D eigenvalue weighted by atomic mass is 10.0. The second-order valence-electron chi connectivity index (χ2n) is 7.54. The summed E-state index contributed by atoms with van der Waals surface area (Å²) < 4.78 is 6.25. The van der Waals surface area contributed by atoms with E-state index in [1.54, 1.807) is 12.4 Å². The van der Waals surface area contributed by atoms with E-state index in [-0.39, 0.29) is 17.9 Å². The molecule has 1 atom stereocenters. The van der Waals surface area contributed by atoms with Crippen LogP contribution >= 0.6 is 0 Å². The molecule has 1 amide bonds. The number of ether oxygens (including phenoxy) is 1. The Hall–Kier alpha value is -2.63. The smallest absolute Gasteiger partial charge is 0.258 e. The third-order valence-electron chi connectivity index (χ3n) is 5.86. The topological polar surface area (TPSA) is 58.6 Å². The van der Waals surface area contributed by atoms with E-state index >= 15 is 0 Å². The van der Waals surface area contributed by atoms with Crippen LogP contribution in [-0.4, -0.2) is 46.5 Å². The molecule has 2 aliphatic rings. The summed E-state index contributed by atoms with van der Waals surface area (Å²) in [5.41, 5.74) is 2.49. The molecular weight excluding hydrogens is 352 g/mol. The van der Waals surface area contributed by atoms with Crippen molar-refractivity contribution < 1.29 is 9.53 Å². The van der Waals surface area contributed by atoms with Crippen molar-refractivity contribution in [2.45, 2.75) is 45.6 Å². The van der Waals surface area contributed by atoms with Gasteiger partial charge in [-0.05, 0) is 30.9 Å². The van der Waals surface area contributed by atoms with Crippen LogP contribution in [-0.2, 0) is 11.2 Å². The highest BCUT2D eigenvalue weighted by Gasteiger charge is 2.32. The van der Waals surface area contributed by atoms with Gasteiger partial charge in [-0.15, -0.1) is 0 Å². The third-order valence-corrected chi connectivity index (χ3v) is 5.86. The lowest BCUT2D eigenvalue weighted by molar-refractivity contribution is -0.134. The van der Waals surface area contributed by atoms with Gasteiger partial charge in [0.1, 0.15) is 6.10 Å². The van der Waals surface area contributed by atoms with Crippen LogP contribution in [0.3, 0.4) is 0 Å². The van der Waals surface area contributed by atoms with Gasteiger partial charge in [-0.3, -0.25) is 4.79 Å². The van der Waals surface area contributed by atoms with Crippen LogP contribution < -0.4 is 9.64 Å². The van der Waals surface area contributed by atoms with Crippen molar-refractivity contribution in [3.8, 4) is 5.88 Å². The van der Waals surface area contributed by atoms with Crippen molar-refractivity contribution in [1.82, 2.24) is 14.9 Å². The zero-order chi connectivity index (χ0) is 19.5. The van der Waals surface area contributed by atoms with Crippen molar-refractivity contribution >= 4 is 17.4 Å². The highest BCUT2D eigenvalue weighted by atomic mass is 16.5. The molecule has 0 bridgehead atoms. The van der Waals surface area contributed by atoms with Gasteiger partial charge in [-0.2, -0.15) is 0 Å². The van der Waals surface area contributed by atoms with E-state index < -0.39 is 0 Å². The number of para-hydroxylation sites is 1. The molecule has 1 fully saturated rings. The summed E-state index contributed by atoms with van der Waals surface area (Å²) >= 11 is 0. The van der Waals surface area contributed by atoms with Crippen molar-refractivity contribution in [2.75, 3.05) is 24.5 Å². The first-order valence-corrected chi connectivity index (χ1v) is 10.3. The highest BCUT2D eigenvalue weighted by Crippen LogP contribution is 2.37. The third kappa shape index (κ3) is 3.55.